The van der Waals surface area contributed by atoms with Gasteiger partial charge in [-0.25, -0.2) is 17.6 Å². The molecule has 0 radical (unpaired) electrons. The Hall–Kier alpha value is -1.14. The highest BCUT2D eigenvalue weighted by Gasteiger charge is 2.23. The molecule has 1 rings (SSSR count). The summed E-state index contributed by atoms with van der Waals surface area (Å²) in [4.78, 5) is 0. The minimum absolute atomic E-state index is 0.0669. The summed E-state index contributed by atoms with van der Waals surface area (Å²) >= 11 is 0. The van der Waals surface area contributed by atoms with E-state index in [0.717, 1.165) is 0 Å². The minimum Gasteiger partial charge on any atom is -0.387 e. The van der Waals surface area contributed by atoms with Crippen molar-refractivity contribution in [1.82, 2.24) is 0 Å². The lowest BCUT2D eigenvalue weighted by Crippen LogP contribution is -2.16. The van der Waals surface area contributed by atoms with Gasteiger partial charge in [-0.05, 0) is 0 Å². The average molecular weight is 209 g/mol. The molecule has 0 aliphatic carbocycles. The molecule has 0 aliphatic rings. The fourth-order valence-corrected chi connectivity index (χ4v) is 1.00. The van der Waals surface area contributed by atoms with Crippen LogP contribution in [0.3, 0.4) is 0 Å². The number of hydrogen-bond donors (Lipinski definition) is 2. The average Bonchev–Trinajstić information content (AvgIpc) is 2.15. The molecule has 0 aromatic heterocycles. The molecule has 1 atom stereocenters. The van der Waals surface area contributed by atoms with Crippen molar-refractivity contribution < 1.29 is 22.7 Å². The molecule has 6 heteroatoms. The predicted molar refractivity (Wildman–Crippen MR) is 40.3 cm³/mol. The molecule has 0 spiro atoms. The highest BCUT2D eigenvalue weighted by molar-refractivity contribution is 5.24. The van der Waals surface area contributed by atoms with E-state index in [1.54, 1.807) is 0 Å². The molecule has 0 saturated carbocycles. The van der Waals surface area contributed by atoms with Gasteiger partial charge >= 0.3 is 0 Å². The molecule has 0 amide bonds. The van der Waals surface area contributed by atoms with Crippen LogP contribution in [-0.2, 0) is 0 Å². The first-order valence-corrected chi connectivity index (χ1v) is 3.70. The van der Waals surface area contributed by atoms with Crippen LogP contribution in [0.2, 0.25) is 0 Å². The molecule has 3 N–H and O–H groups in total. The van der Waals surface area contributed by atoms with E-state index >= 15 is 0 Å². The summed E-state index contributed by atoms with van der Waals surface area (Å²) in [6.07, 6.45) is -1.76. The van der Waals surface area contributed by atoms with Crippen LogP contribution in [0.5, 0.6) is 0 Å². The van der Waals surface area contributed by atoms with Gasteiger partial charge in [-0.2, -0.15) is 0 Å². The third kappa shape index (κ3) is 1.71. The van der Waals surface area contributed by atoms with Crippen LogP contribution in [0.1, 0.15) is 11.7 Å². The molecule has 78 valence electrons. The number of aliphatic hydroxyl groups is 1. The van der Waals surface area contributed by atoms with E-state index in [2.05, 4.69) is 0 Å². The van der Waals surface area contributed by atoms with Gasteiger partial charge in [0.2, 0.25) is 0 Å². The van der Waals surface area contributed by atoms with Gasteiger partial charge in [0.1, 0.15) is 0 Å². The zero-order valence-electron chi connectivity index (χ0n) is 6.90. The Morgan fingerprint density at radius 2 is 1.57 bits per heavy atom. The third-order valence-corrected chi connectivity index (χ3v) is 1.70. The Balaban J connectivity index is 3.39. The van der Waals surface area contributed by atoms with Crippen molar-refractivity contribution in [3.8, 4) is 0 Å². The van der Waals surface area contributed by atoms with Crippen molar-refractivity contribution in [2.24, 2.45) is 5.73 Å². The first-order chi connectivity index (χ1) is 6.49. The number of benzene rings is 1. The zero-order chi connectivity index (χ0) is 10.9. The molecule has 1 aromatic rings. The molecule has 0 bridgehead atoms. The molecule has 0 aliphatic heterocycles. The second kappa shape index (κ2) is 3.93. The summed E-state index contributed by atoms with van der Waals surface area (Å²) < 4.78 is 50.9. The summed E-state index contributed by atoms with van der Waals surface area (Å²) in [5.74, 6) is -6.37. The number of hydrogen-bond acceptors (Lipinski definition) is 2. The van der Waals surface area contributed by atoms with Crippen LogP contribution in [0.15, 0.2) is 6.07 Å². The van der Waals surface area contributed by atoms with E-state index in [4.69, 9.17) is 10.8 Å². The Morgan fingerprint density at radius 3 is 1.93 bits per heavy atom. The molecule has 1 aromatic carbocycles. The quantitative estimate of drug-likeness (QED) is 0.568. The van der Waals surface area contributed by atoms with E-state index in [9.17, 15) is 17.6 Å². The van der Waals surface area contributed by atoms with Gasteiger partial charge in [-0.3, -0.25) is 0 Å². The highest BCUT2D eigenvalue weighted by atomic mass is 19.2. The largest absolute Gasteiger partial charge is 0.387 e. The van der Waals surface area contributed by atoms with E-state index < -0.39 is 41.5 Å². The maximum absolute atomic E-state index is 12.9. The van der Waals surface area contributed by atoms with Gasteiger partial charge in [0, 0.05) is 12.6 Å². The lowest BCUT2D eigenvalue weighted by Gasteiger charge is -2.11. The second-order valence-corrected chi connectivity index (χ2v) is 2.63. The van der Waals surface area contributed by atoms with Gasteiger partial charge < -0.3 is 10.8 Å². The van der Waals surface area contributed by atoms with Crippen molar-refractivity contribution in [3.05, 3.63) is 34.9 Å². The Bertz CT molecular complexity index is 329. The van der Waals surface area contributed by atoms with Gasteiger partial charge in [0.15, 0.2) is 23.3 Å². The molecule has 14 heavy (non-hydrogen) atoms. The van der Waals surface area contributed by atoms with Crippen LogP contribution >= 0.6 is 0 Å². The summed E-state index contributed by atoms with van der Waals surface area (Å²) in [7, 11) is 0. The lowest BCUT2D eigenvalue weighted by atomic mass is 10.1. The Morgan fingerprint density at radius 1 is 1.14 bits per heavy atom. The summed E-state index contributed by atoms with van der Waals surface area (Å²) in [6.45, 7) is -0.531. The van der Waals surface area contributed by atoms with Crippen LogP contribution in [0.4, 0.5) is 17.6 Å². The normalized spacial score (nSPS) is 13.0. The lowest BCUT2D eigenvalue weighted by molar-refractivity contribution is 0.173. The highest BCUT2D eigenvalue weighted by Crippen LogP contribution is 2.24. The topological polar surface area (TPSA) is 46.2 Å². The maximum atomic E-state index is 12.9. The second-order valence-electron chi connectivity index (χ2n) is 2.63. The minimum atomic E-state index is -1.76. The third-order valence-electron chi connectivity index (χ3n) is 1.70. The molecular weight excluding hydrogens is 202 g/mol. The first kappa shape index (κ1) is 10.9. The fourth-order valence-electron chi connectivity index (χ4n) is 1.00. The standard InChI is InChI=1S/C8H7F4NO/c9-3-1-4(10)8(12)6(7(3)11)5(14)2-13/h1,5,14H,2,13H2/t5-/m0/s1. The molecular formula is C8H7F4NO. The van der Waals surface area contributed by atoms with E-state index in [0.29, 0.717) is 0 Å². The summed E-state index contributed by atoms with van der Waals surface area (Å²) in [5.41, 5.74) is 3.84. The van der Waals surface area contributed by atoms with Crippen LogP contribution in [0.25, 0.3) is 0 Å². The zero-order valence-corrected chi connectivity index (χ0v) is 6.90. The van der Waals surface area contributed by atoms with Crippen molar-refractivity contribution in [2.45, 2.75) is 6.10 Å². The molecule has 0 saturated heterocycles. The van der Waals surface area contributed by atoms with Gasteiger partial charge in [0.05, 0.1) is 11.7 Å². The summed E-state index contributed by atoms with van der Waals surface area (Å²) in [5, 5.41) is 9.00. The predicted octanol–water partition coefficient (Wildman–Crippen LogP) is 1.24. The molecule has 0 fully saturated rings. The molecule has 2 nitrogen and oxygen atoms in total. The molecule has 0 heterocycles. The van der Waals surface area contributed by atoms with Crippen LogP contribution in [-0.4, -0.2) is 11.7 Å². The van der Waals surface area contributed by atoms with E-state index in [1.807, 2.05) is 0 Å². The Kier molecular flexibility index (Phi) is 3.07. The SMILES string of the molecule is NC[C@H](O)c1c(F)c(F)cc(F)c1F. The van der Waals surface area contributed by atoms with Gasteiger partial charge in [0.25, 0.3) is 0 Å². The maximum Gasteiger partial charge on any atom is 0.167 e. The van der Waals surface area contributed by atoms with Crippen LogP contribution in [0, 0.1) is 23.3 Å². The van der Waals surface area contributed by atoms with Crippen molar-refractivity contribution in [1.29, 1.82) is 0 Å². The molecule has 0 unspecified atom stereocenters. The number of halogens is 4. The van der Waals surface area contributed by atoms with E-state index in [-0.39, 0.29) is 6.07 Å². The van der Waals surface area contributed by atoms with Crippen molar-refractivity contribution in [3.63, 3.8) is 0 Å². The summed E-state index contributed by atoms with van der Waals surface area (Å²) in [6, 6.07) is 0.0669. The smallest absolute Gasteiger partial charge is 0.167 e. The van der Waals surface area contributed by atoms with Crippen molar-refractivity contribution >= 4 is 0 Å². The van der Waals surface area contributed by atoms with Crippen molar-refractivity contribution in [2.75, 3.05) is 6.54 Å². The fraction of sp³-hybridized carbons (Fsp3) is 0.250. The monoisotopic (exact) mass is 209 g/mol. The first-order valence-electron chi connectivity index (χ1n) is 3.70. The van der Waals surface area contributed by atoms with E-state index in [1.165, 1.54) is 0 Å². The van der Waals surface area contributed by atoms with Crippen LogP contribution < -0.4 is 5.73 Å². The van der Waals surface area contributed by atoms with Gasteiger partial charge in [-0.1, -0.05) is 0 Å². The number of rotatable bonds is 2. The Labute approximate surface area is 77.0 Å². The van der Waals surface area contributed by atoms with Gasteiger partial charge in [-0.15, -0.1) is 0 Å². The number of nitrogens with two attached hydrogens (primary N) is 1. The number of aliphatic hydroxyl groups excluding tert-OH is 1.